The molecule has 4 N–H and O–H groups in total. The molecule has 0 spiro atoms. The van der Waals surface area contributed by atoms with Gasteiger partial charge in [0.1, 0.15) is 0 Å². The van der Waals surface area contributed by atoms with E-state index in [-0.39, 0.29) is 24.9 Å². The van der Waals surface area contributed by atoms with Crippen LogP contribution in [0.3, 0.4) is 0 Å². The number of hydrogen-bond donors (Lipinski definition) is 3. The Kier molecular flexibility index (Phi) is 4.24. The first-order valence-electron chi connectivity index (χ1n) is 5.88. The van der Waals surface area contributed by atoms with Gasteiger partial charge in [0.2, 0.25) is 11.8 Å². The van der Waals surface area contributed by atoms with Gasteiger partial charge in [-0.25, -0.2) is 0 Å². The minimum atomic E-state index is -0.219. The number of amides is 2. The molecule has 0 aliphatic carbocycles. The van der Waals surface area contributed by atoms with Crippen molar-refractivity contribution in [3.63, 3.8) is 0 Å². The molecule has 1 aromatic rings. The van der Waals surface area contributed by atoms with E-state index in [0.29, 0.717) is 29.5 Å². The Bertz CT molecular complexity index is 507. The zero-order valence-corrected chi connectivity index (χ0v) is 11.0. The van der Waals surface area contributed by atoms with Crippen LogP contribution in [0, 0.1) is 0 Å². The first-order chi connectivity index (χ1) is 9.04. The maximum Gasteiger partial charge on any atom is 0.238 e. The van der Waals surface area contributed by atoms with E-state index in [1.165, 1.54) is 0 Å². The number of halogens is 1. The Morgan fingerprint density at radius 1 is 1.53 bits per heavy atom. The monoisotopic (exact) mass is 282 g/mol. The SMILES string of the molecule is Nc1ccc(Cl)cc1NC(=O)CN1CCNC(=O)C1. The molecule has 1 aromatic carbocycles. The molecule has 2 rings (SSSR count). The molecule has 2 amide bonds. The number of carbonyl (C=O) groups excluding carboxylic acids is 2. The first-order valence-corrected chi connectivity index (χ1v) is 6.26. The van der Waals surface area contributed by atoms with Crippen LogP contribution in [-0.4, -0.2) is 42.9 Å². The van der Waals surface area contributed by atoms with Gasteiger partial charge in [-0.15, -0.1) is 0 Å². The molecule has 1 heterocycles. The van der Waals surface area contributed by atoms with E-state index in [0.717, 1.165) is 0 Å². The fraction of sp³-hybridized carbons (Fsp3) is 0.333. The summed E-state index contributed by atoms with van der Waals surface area (Å²) in [5.41, 5.74) is 6.68. The van der Waals surface area contributed by atoms with Crippen LogP contribution in [0.15, 0.2) is 18.2 Å². The van der Waals surface area contributed by atoms with Crippen molar-refractivity contribution in [3.05, 3.63) is 23.2 Å². The highest BCUT2D eigenvalue weighted by Crippen LogP contribution is 2.22. The molecule has 19 heavy (non-hydrogen) atoms. The molecule has 0 radical (unpaired) electrons. The van der Waals surface area contributed by atoms with Crippen molar-refractivity contribution in [2.45, 2.75) is 0 Å². The molecule has 1 aliphatic rings. The minimum absolute atomic E-state index is 0.0682. The topological polar surface area (TPSA) is 87.5 Å². The summed E-state index contributed by atoms with van der Waals surface area (Å²) in [6.07, 6.45) is 0. The van der Waals surface area contributed by atoms with Crippen LogP contribution in [0.25, 0.3) is 0 Å². The Morgan fingerprint density at radius 3 is 3.05 bits per heavy atom. The summed E-state index contributed by atoms with van der Waals surface area (Å²) in [6, 6.07) is 4.88. The number of piperazine rings is 1. The van der Waals surface area contributed by atoms with Gasteiger partial charge in [-0.1, -0.05) is 11.6 Å². The summed E-state index contributed by atoms with van der Waals surface area (Å²) in [5, 5.41) is 5.89. The molecule has 0 aromatic heterocycles. The number of nitrogen functional groups attached to an aromatic ring is 1. The fourth-order valence-corrected chi connectivity index (χ4v) is 2.03. The van der Waals surface area contributed by atoms with E-state index < -0.39 is 0 Å². The van der Waals surface area contributed by atoms with E-state index in [9.17, 15) is 9.59 Å². The van der Waals surface area contributed by atoms with Crippen molar-refractivity contribution in [1.82, 2.24) is 10.2 Å². The summed E-state index contributed by atoms with van der Waals surface area (Å²) >= 11 is 5.84. The Hall–Kier alpha value is -1.79. The molecule has 6 nitrogen and oxygen atoms in total. The first kappa shape index (κ1) is 13.6. The van der Waals surface area contributed by atoms with Gasteiger partial charge in [0.25, 0.3) is 0 Å². The van der Waals surface area contributed by atoms with Crippen LogP contribution in [0.1, 0.15) is 0 Å². The van der Waals surface area contributed by atoms with Crippen LogP contribution in [0.5, 0.6) is 0 Å². The highest BCUT2D eigenvalue weighted by Gasteiger charge is 2.18. The van der Waals surface area contributed by atoms with Gasteiger partial charge in [-0.3, -0.25) is 14.5 Å². The number of nitrogens with two attached hydrogens (primary N) is 1. The molecule has 102 valence electrons. The van der Waals surface area contributed by atoms with Crippen LogP contribution < -0.4 is 16.4 Å². The third-order valence-corrected chi connectivity index (χ3v) is 3.01. The zero-order valence-electron chi connectivity index (χ0n) is 10.3. The number of rotatable bonds is 3. The number of benzene rings is 1. The van der Waals surface area contributed by atoms with E-state index in [2.05, 4.69) is 10.6 Å². The highest BCUT2D eigenvalue weighted by molar-refractivity contribution is 6.31. The van der Waals surface area contributed by atoms with Gasteiger partial charge in [0.15, 0.2) is 0 Å². The fourth-order valence-electron chi connectivity index (χ4n) is 1.86. The Morgan fingerprint density at radius 2 is 2.32 bits per heavy atom. The summed E-state index contributed by atoms with van der Waals surface area (Å²) in [6.45, 7) is 1.60. The van der Waals surface area contributed by atoms with Gasteiger partial charge < -0.3 is 16.4 Å². The molecule has 1 saturated heterocycles. The molecule has 0 saturated carbocycles. The van der Waals surface area contributed by atoms with Gasteiger partial charge in [-0.2, -0.15) is 0 Å². The van der Waals surface area contributed by atoms with Gasteiger partial charge in [0, 0.05) is 18.1 Å². The van der Waals surface area contributed by atoms with E-state index in [1.807, 2.05) is 0 Å². The van der Waals surface area contributed by atoms with Crippen molar-refractivity contribution in [2.75, 3.05) is 37.2 Å². The van der Waals surface area contributed by atoms with E-state index in [4.69, 9.17) is 17.3 Å². The molecular formula is C12H15ClN4O2. The maximum absolute atomic E-state index is 11.9. The third kappa shape index (κ3) is 3.84. The standard InChI is InChI=1S/C12H15ClN4O2/c13-8-1-2-9(14)10(5-8)16-12(19)7-17-4-3-15-11(18)6-17/h1-2,5H,3-4,6-7,14H2,(H,15,18)(H,16,19). The molecular weight excluding hydrogens is 268 g/mol. The zero-order chi connectivity index (χ0) is 13.8. The Labute approximate surface area is 115 Å². The molecule has 7 heteroatoms. The molecule has 0 unspecified atom stereocenters. The van der Waals surface area contributed by atoms with Crippen LogP contribution in [0.2, 0.25) is 5.02 Å². The largest absolute Gasteiger partial charge is 0.397 e. The summed E-state index contributed by atoms with van der Waals surface area (Å²) in [4.78, 5) is 24.8. The van der Waals surface area contributed by atoms with Crippen LogP contribution in [0.4, 0.5) is 11.4 Å². The maximum atomic E-state index is 11.9. The van der Waals surface area contributed by atoms with E-state index in [1.54, 1.807) is 23.1 Å². The Balaban J connectivity index is 1.93. The number of nitrogens with one attached hydrogen (secondary N) is 2. The third-order valence-electron chi connectivity index (χ3n) is 2.77. The van der Waals surface area contributed by atoms with Gasteiger partial charge in [-0.05, 0) is 18.2 Å². The average Bonchev–Trinajstić information content (AvgIpc) is 2.34. The molecule has 1 fully saturated rings. The molecule has 1 aliphatic heterocycles. The lowest BCUT2D eigenvalue weighted by Crippen LogP contribution is -2.49. The van der Waals surface area contributed by atoms with Crippen molar-refractivity contribution in [3.8, 4) is 0 Å². The lowest BCUT2D eigenvalue weighted by atomic mass is 10.2. The second kappa shape index (κ2) is 5.90. The quantitative estimate of drug-likeness (QED) is 0.696. The highest BCUT2D eigenvalue weighted by atomic mass is 35.5. The normalized spacial score (nSPS) is 15.9. The predicted octanol–water partition coefficient (Wildman–Crippen LogP) is 0.292. The van der Waals surface area contributed by atoms with E-state index >= 15 is 0 Å². The minimum Gasteiger partial charge on any atom is -0.397 e. The smallest absolute Gasteiger partial charge is 0.238 e. The number of anilines is 2. The summed E-state index contributed by atoms with van der Waals surface area (Å²) < 4.78 is 0. The molecule has 0 bridgehead atoms. The van der Waals surface area contributed by atoms with Crippen molar-refractivity contribution in [2.24, 2.45) is 0 Å². The number of carbonyl (C=O) groups is 2. The van der Waals surface area contributed by atoms with Crippen molar-refractivity contribution in [1.29, 1.82) is 0 Å². The number of nitrogens with zero attached hydrogens (tertiary/aromatic N) is 1. The summed E-state index contributed by atoms with van der Waals surface area (Å²) in [7, 11) is 0. The lowest BCUT2D eigenvalue weighted by molar-refractivity contribution is -0.125. The number of hydrogen-bond acceptors (Lipinski definition) is 4. The summed E-state index contributed by atoms with van der Waals surface area (Å²) in [5.74, 6) is -0.287. The van der Waals surface area contributed by atoms with Gasteiger partial charge >= 0.3 is 0 Å². The van der Waals surface area contributed by atoms with Gasteiger partial charge in [0.05, 0.1) is 24.5 Å². The van der Waals surface area contributed by atoms with Crippen molar-refractivity contribution < 1.29 is 9.59 Å². The van der Waals surface area contributed by atoms with Crippen LogP contribution in [-0.2, 0) is 9.59 Å². The van der Waals surface area contributed by atoms with Crippen molar-refractivity contribution >= 4 is 34.8 Å². The second-order valence-electron chi connectivity index (χ2n) is 4.34. The molecule has 0 atom stereocenters. The second-order valence-corrected chi connectivity index (χ2v) is 4.78. The lowest BCUT2D eigenvalue weighted by Gasteiger charge is -2.25. The van der Waals surface area contributed by atoms with Crippen LogP contribution >= 0.6 is 11.6 Å². The predicted molar refractivity (Wildman–Crippen MR) is 73.9 cm³/mol. The average molecular weight is 283 g/mol.